The second-order valence-electron chi connectivity index (χ2n) is 10.4. The van der Waals surface area contributed by atoms with Gasteiger partial charge in [-0.2, -0.15) is 0 Å². The van der Waals surface area contributed by atoms with E-state index in [1.807, 2.05) is 12.1 Å². The zero-order chi connectivity index (χ0) is 26.1. The fourth-order valence-electron chi connectivity index (χ4n) is 5.69. The molecule has 38 heavy (non-hydrogen) atoms. The van der Waals surface area contributed by atoms with Crippen molar-refractivity contribution in [3.05, 3.63) is 54.4 Å². The summed E-state index contributed by atoms with van der Waals surface area (Å²) >= 11 is 0. The van der Waals surface area contributed by atoms with Crippen molar-refractivity contribution < 1.29 is 9.53 Å². The van der Waals surface area contributed by atoms with Gasteiger partial charge in [0.1, 0.15) is 5.82 Å². The number of fused-ring (bicyclic) bond motifs is 2. The summed E-state index contributed by atoms with van der Waals surface area (Å²) < 4.78 is 5.33. The van der Waals surface area contributed by atoms with Crippen LogP contribution >= 0.6 is 0 Å². The van der Waals surface area contributed by atoms with Gasteiger partial charge in [-0.1, -0.05) is 0 Å². The number of hydrogen-bond acceptors (Lipinski definition) is 9. The lowest BCUT2D eigenvalue weighted by molar-refractivity contribution is -0.118. The highest BCUT2D eigenvalue weighted by Gasteiger charge is 2.41. The summed E-state index contributed by atoms with van der Waals surface area (Å²) in [6.07, 6.45) is 4.71. The first-order valence-corrected chi connectivity index (χ1v) is 13.3. The molecule has 198 valence electrons. The highest BCUT2D eigenvalue weighted by Crippen LogP contribution is 2.36. The number of benzene rings is 1. The van der Waals surface area contributed by atoms with Crippen molar-refractivity contribution in [3.8, 4) is 11.3 Å². The van der Waals surface area contributed by atoms with Crippen LogP contribution < -0.4 is 15.5 Å². The zero-order valence-corrected chi connectivity index (χ0v) is 21.9. The van der Waals surface area contributed by atoms with E-state index in [0.717, 1.165) is 43.1 Å². The maximum atomic E-state index is 12.4. The lowest BCUT2D eigenvalue weighted by Gasteiger charge is -2.34. The van der Waals surface area contributed by atoms with Gasteiger partial charge in [0.05, 0.1) is 25.5 Å². The van der Waals surface area contributed by atoms with Crippen molar-refractivity contribution in [2.75, 3.05) is 68.5 Å². The highest BCUT2D eigenvalue weighted by molar-refractivity contribution is 5.91. The number of nitrogens with zero attached hydrogens (tertiary/aromatic N) is 6. The summed E-state index contributed by atoms with van der Waals surface area (Å²) in [6.45, 7) is 7.61. The molecule has 0 saturated carbocycles. The molecule has 2 atom stereocenters. The van der Waals surface area contributed by atoms with Gasteiger partial charge in [-0.3, -0.25) is 14.6 Å². The molecule has 3 saturated heterocycles. The van der Waals surface area contributed by atoms with E-state index in [-0.39, 0.29) is 5.91 Å². The number of morpholine rings is 1. The van der Waals surface area contributed by atoms with Gasteiger partial charge in [-0.05, 0) is 62.4 Å². The van der Waals surface area contributed by atoms with Gasteiger partial charge in [-0.15, -0.1) is 0 Å². The number of aromatic nitrogens is 3. The Morgan fingerprint density at radius 3 is 2.66 bits per heavy atom. The van der Waals surface area contributed by atoms with Crippen LogP contribution in [0.3, 0.4) is 0 Å². The number of carbonyl (C=O) groups is 1. The lowest BCUT2D eigenvalue weighted by atomic mass is 10.1. The molecule has 3 fully saturated rings. The summed E-state index contributed by atoms with van der Waals surface area (Å²) in [5, 5.41) is 6.22. The molecule has 5 heterocycles. The number of aryl methyl sites for hydroxylation is 1. The average Bonchev–Trinajstić information content (AvgIpc) is 3.50. The molecule has 10 heteroatoms. The number of piperazine rings is 1. The first kappa shape index (κ1) is 24.7. The van der Waals surface area contributed by atoms with Crippen LogP contribution in [0.5, 0.6) is 0 Å². The van der Waals surface area contributed by atoms with E-state index < -0.39 is 0 Å². The number of carbonyl (C=O) groups excluding carboxylic acids is 1. The molecule has 0 unspecified atom stereocenters. The van der Waals surface area contributed by atoms with Gasteiger partial charge in [0.15, 0.2) is 0 Å². The van der Waals surface area contributed by atoms with Crippen LogP contribution in [-0.4, -0.2) is 95.7 Å². The number of likely N-dealkylation sites (N-methyl/N-ethyl adjacent to an activating group) is 1. The minimum atomic E-state index is -0.0773. The van der Waals surface area contributed by atoms with Crippen molar-refractivity contribution in [2.24, 2.45) is 0 Å². The molecule has 0 radical (unpaired) electrons. The number of ether oxygens (including phenoxy) is 1. The average molecular weight is 515 g/mol. The standard InChI is InChI=1S/C28H34N8O2/c1-19-13-21(4-5-25(19)36-17-22-14-23(36)16-34(22)2)31-28-29-8-7-24(32-28)20-3-6-26(30-15-20)33-27(37)18-35-9-11-38-12-10-35/h3-8,13,15,22-23H,9-12,14,16-18H2,1-2H3,(H,29,31,32)(H,30,33,37)/t22-,23-/m0/s1. The Kier molecular flexibility index (Phi) is 6.92. The predicted molar refractivity (Wildman–Crippen MR) is 148 cm³/mol. The number of hydrogen-bond donors (Lipinski definition) is 2. The Morgan fingerprint density at radius 2 is 1.95 bits per heavy atom. The Hall–Kier alpha value is -3.60. The Morgan fingerprint density at radius 1 is 1.08 bits per heavy atom. The molecule has 2 aromatic heterocycles. The number of amides is 1. The van der Waals surface area contributed by atoms with E-state index >= 15 is 0 Å². The summed E-state index contributed by atoms with van der Waals surface area (Å²) in [7, 11) is 2.23. The van der Waals surface area contributed by atoms with Crippen LogP contribution in [0.15, 0.2) is 48.8 Å². The summed E-state index contributed by atoms with van der Waals surface area (Å²) in [5.41, 5.74) is 5.13. The third kappa shape index (κ3) is 5.33. The van der Waals surface area contributed by atoms with E-state index in [1.54, 1.807) is 18.5 Å². The quantitative estimate of drug-likeness (QED) is 0.493. The third-order valence-electron chi connectivity index (χ3n) is 7.73. The van der Waals surface area contributed by atoms with Crippen LogP contribution in [0.4, 0.5) is 23.1 Å². The molecule has 10 nitrogen and oxygen atoms in total. The second-order valence-corrected chi connectivity index (χ2v) is 10.4. The molecule has 6 rings (SSSR count). The SMILES string of the molecule is Cc1cc(Nc2nccc(-c3ccc(NC(=O)CN4CCOCC4)nc3)n2)ccc1N1C[C@@H]2C[C@H]1CN2C. The minimum Gasteiger partial charge on any atom is -0.379 e. The fraction of sp³-hybridized carbons (Fsp3) is 0.429. The van der Waals surface area contributed by atoms with E-state index in [9.17, 15) is 4.79 Å². The Labute approximate surface area is 223 Å². The number of anilines is 4. The second kappa shape index (κ2) is 10.6. The Bertz CT molecular complexity index is 1290. The number of nitrogens with one attached hydrogen (secondary N) is 2. The molecule has 0 spiro atoms. The maximum Gasteiger partial charge on any atom is 0.239 e. The van der Waals surface area contributed by atoms with Crippen molar-refractivity contribution in [1.82, 2.24) is 24.8 Å². The lowest BCUT2D eigenvalue weighted by Crippen LogP contribution is -2.44. The molecule has 0 aliphatic carbocycles. The molecular weight excluding hydrogens is 480 g/mol. The van der Waals surface area contributed by atoms with Crippen molar-refractivity contribution in [3.63, 3.8) is 0 Å². The van der Waals surface area contributed by atoms with Crippen molar-refractivity contribution >= 4 is 29.0 Å². The highest BCUT2D eigenvalue weighted by atomic mass is 16.5. The van der Waals surface area contributed by atoms with E-state index in [2.05, 4.69) is 67.5 Å². The van der Waals surface area contributed by atoms with Crippen LogP contribution in [0.25, 0.3) is 11.3 Å². The third-order valence-corrected chi connectivity index (χ3v) is 7.73. The molecule has 3 aromatic rings. The van der Waals surface area contributed by atoms with Gasteiger partial charge in [-0.25, -0.2) is 15.0 Å². The molecule has 2 bridgehead atoms. The van der Waals surface area contributed by atoms with Crippen LogP contribution in [-0.2, 0) is 9.53 Å². The normalized spacial score (nSPS) is 21.6. The maximum absolute atomic E-state index is 12.4. The molecule has 3 aliphatic heterocycles. The fourth-order valence-corrected chi connectivity index (χ4v) is 5.69. The van der Waals surface area contributed by atoms with Crippen molar-refractivity contribution in [1.29, 1.82) is 0 Å². The topological polar surface area (TPSA) is 98.8 Å². The smallest absolute Gasteiger partial charge is 0.239 e. The predicted octanol–water partition coefficient (Wildman–Crippen LogP) is 2.75. The van der Waals surface area contributed by atoms with Crippen LogP contribution in [0.2, 0.25) is 0 Å². The van der Waals surface area contributed by atoms with E-state index in [1.165, 1.54) is 17.7 Å². The molecule has 1 amide bonds. The van der Waals surface area contributed by atoms with Gasteiger partial charge in [0.2, 0.25) is 11.9 Å². The summed E-state index contributed by atoms with van der Waals surface area (Å²) in [6, 6.07) is 13.3. The van der Waals surface area contributed by atoms with Gasteiger partial charge >= 0.3 is 0 Å². The number of pyridine rings is 1. The van der Waals surface area contributed by atoms with Gasteiger partial charge in [0, 0.05) is 67.6 Å². The molecule has 1 aromatic carbocycles. The summed E-state index contributed by atoms with van der Waals surface area (Å²) in [5.74, 6) is 0.971. The Balaban J connectivity index is 1.08. The van der Waals surface area contributed by atoms with Gasteiger partial charge in [0.25, 0.3) is 0 Å². The first-order valence-electron chi connectivity index (χ1n) is 13.3. The number of rotatable bonds is 7. The molecule has 2 N–H and O–H groups in total. The summed E-state index contributed by atoms with van der Waals surface area (Å²) in [4.78, 5) is 33.0. The molecular formula is C28H34N8O2. The zero-order valence-electron chi connectivity index (χ0n) is 21.9. The monoisotopic (exact) mass is 514 g/mol. The minimum absolute atomic E-state index is 0.0773. The number of likely N-dealkylation sites (tertiary alicyclic amines) is 1. The first-order chi connectivity index (χ1) is 18.5. The molecule has 3 aliphatic rings. The van der Waals surface area contributed by atoms with Crippen LogP contribution in [0, 0.1) is 6.92 Å². The van der Waals surface area contributed by atoms with E-state index in [4.69, 9.17) is 9.72 Å². The largest absolute Gasteiger partial charge is 0.379 e. The van der Waals surface area contributed by atoms with Crippen LogP contribution in [0.1, 0.15) is 12.0 Å². The van der Waals surface area contributed by atoms with Gasteiger partial charge < -0.3 is 20.3 Å². The van der Waals surface area contributed by atoms with Crippen molar-refractivity contribution in [2.45, 2.75) is 25.4 Å². The van der Waals surface area contributed by atoms with E-state index in [0.29, 0.717) is 43.6 Å².